The summed E-state index contributed by atoms with van der Waals surface area (Å²) in [5, 5.41) is 8.59. The third-order valence-corrected chi connectivity index (χ3v) is 4.62. The molecule has 0 amide bonds. The van der Waals surface area contributed by atoms with Gasteiger partial charge in [-0.05, 0) is 61.4 Å². The molecule has 0 unspecified atom stereocenters. The van der Waals surface area contributed by atoms with Gasteiger partial charge in [-0.1, -0.05) is 23.7 Å². The van der Waals surface area contributed by atoms with Crippen LogP contribution >= 0.6 is 23.8 Å². The van der Waals surface area contributed by atoms with E-state index < -0.39 is 0 Å². The minimum Gasteiger partial charge on any atom is -0.467 e. The molecule has 1 aliphatic heterocycles. The summed E-state index contributed by atoms with van der Waals surface area (Å²) in [5.74, 6) is 0.832. The lowest BCUT2D eigenvalue weighted by molar-refractivity contribution is 0.297. The molecule has 0 aliphatic carbocycles. The molecular weight excluding hydrogens is 356 g/mol. The van der Waals surface area contributed by atoms with Crippen LogP contribution in [0.3, 0.4) is 0 Å². The number of hydrogen-bond acceptors (Lipinski definition) is 4. The molecule has 1 aromatic carbocycles. The zero-order valence-corrected chi connectivity index (χ0v) is 15.4. The summed E-state index contributed by atoms with van der Waals surface area (Å²) >= 11 is 11.2. The average molecular weight is 377 g/mol. The SMILES string of the molecule is S=C(NCc1ccco1)NN=C[C@@H]1CCCN1Cc1ccc(Cl)cc1. The number of halogens is 1. The van der Waals surface area contributed by atoms with Gasteiger partial charge >= 0.3 is 0 Å². The third kappa shape index (κ3) is 5.56. The van der Waals surface area contributed by atoms with Crippen molar-refractivity contribution in [2.75, 3.05) is 6.54 Å². The lowest BCUT2D eigenvalue weighted by Crippen LogP contribution is -2.34. The quantitative estimate of drug-likeness (QED) is 0.458. The number of rotatable bonds is 6. The summed E-state index contributed by atoms with van der Waals surface area (Å²) in [7, 11) is 0. The highest BCUT2D eigenvalue weighted by Crippen LogP contribution is 2.19. The maximum absolute atomic E-state index is 5.95. The molecule has 7 heteroatoms. The van der Waals surface area contributed by atoms with E-state index >= 15 is 0 Å². The van der Waals surface area contributed by atoms with Crippen molar-refractivity contribution in [3.63, 3.8) is 0 Å². The van der Waals surface area contributed by atoms with Crippen LogP contribution in [0.25, 0.3) is 0 Å². The first-order chi connectivity index (χ1) is 12.2. The topological polar surface area (TPSA) is 52.8 Å². The predicted molar refractivity (Wildman–Crippen MR) is 105 cm³/mol. The number of likely N-dealkylation sites (tertiary alicyclic amines) is 1. The van der Waals surface area contributed by atoms with E-state index in [4.69, 9.17) is 28.2 Å². The van der Waals surface area contributed by atoms with Crippen LogP contribution in [0.5, 0.6) is 0 Å². The van der Waals surface area contributed by atoms with Crippen molar-refractivity contribution >= 4 is 35.1 Å². The van der Waals surface area contributed by atoms with Gasteiger partial charge in [-0.3, -0.25) is 10.3 Å². The van der Waals surface area contributed by atoms with Crippen molar-refractivity contribution in [3.05, 3.63) is 59.0 Å². The number of benzene rings is 1. The molecule has 2 aromatic rings. The highest BCUT2D eigenvalue weighted by atomic mass is 35.5. The Kier molecular flexibility index (Phi) is 6.44. The molecule has 0 radical (unpaired) electrons. The Hall–Kier alpha value is -1.89. The van der Waals surface area contributed by atoms with Crippen molar-refractivity contribution in [1.29, 1.82) is 0 Å². The number of nitrogens with one attached hydrogen (secondary N) is 2. The van der Waals surface area contributed by atoms with Gasteiger partial charge in [0.05, 0.1) is 12.8 Å². The van der Waals surface area contributed by atoms with Crippen LogP contribution in [-0.4, -0.2) is 28.8 Å². The molecule has 0 bridgehead atoms. The van der Waals surface area contributed by atoms with Crippen LogP contribution in [0.2, 0.25) is 5.02 Å². The fourth-order valence-electron chi connectivity index (χ4n) is 2.84. The summed E-state index contributed by atoms with van der Waals surface area (Å²) in [4.78, 5) is 2.41. The van der Waals surface area contributed by atoms with Gasteiger partial charge < -0.3 is 9.73 Å². The second-order valence-electron chi connectivity index (χ2n) is 5.96. The van der Waals surface area contributed by atoms with Gasteiger partial charge in [-0.2, -0.15) is 5.10 Å². The maximum atomic E-state index is 5.95. The Morgan fingerprint density at radius 2 is 2.20 bits per heavy atom. The van der Waals surface area contributed by atoms with E-state index in [0.717, 1.165) is 30.3 Å². The highest BCUT2D eigenvalue weighted by molar-refractivity contribution is 7.80. The molecule has 1 saturated heterocycles. The summed E-state index contributed by atoms with van der Waals surface area (Å²) < 4.78 is 5.24. The van der Waals surface area contributed by atoms with Crippen LogP contribution in [-0.2, 0) is 13.1 Å². The van der Waals surface area contributed by atoms with Crippen molar-refractivity contribution in [3.8, 4) is 0 Å². The number of thiocarbonyl (C=S) groups is 1. The van der Waals surface area contributed by atoms with Crippen LogP contribution in [0.4, 0.5) is 0 Å². The fraction of sp³-hybridized carbons (Fsp3) is 0.333. The molecule has 5 nitrogen and oxygen atoms in total. The van der Waals surface area contributed by atoms with E-state index in [-0.39, 0.29) is 0 Å². The normalized spacial score (nSPS) is 17.9. The molecule has 1 aliphatic rings. The summed E-state index contributed by atoms with van der Waals surface area (Å²) in [6.45, 7) is 2.51. The molecular formula is C18H21ClN4OS. The van der Waals surface area contributed by atoms with Gasteiger partial charge in [0.15, 0.2) is 5.11 Å². The lowest BCUT2D eigenvalue weighted by atomic mass is 10.2. The Morgan fingerprint density at radius 3 is 2.96 bits per heavy atom. The van der Waals surface area contributed by atoms with E-state index in [1.165, 1.54) is 12.0 Å². The van der Waals surface area contributed by atoms with Crippen molar-refractivity contribution in [2.45, 2.75) is 32.0 Å². The Bertz CT molecular complexity index is 702. The van der Waals surface area contributed by atoms with Crippen molar-refractivity contribution in [2.24, 2.45) is 5.10 Å². The van der Waals surface area contributed by atoms with E-state index in [2.05, 4.69) is 32.9 Å². The van der Waals surface area contributed by atoms with E-state index in [9.17, 15) is 0 Å². The summed E-state index contributed by atoms with van der Waals surface area (Å²) in [5.41, 5.74) is 4.13. The van der Waals surface area contributed by atoms with E-state index in [0.29, 0.717) is 17.7 Å². The first-order valence-electron chi connectivity index (χ1n) is 8.28. The summed E-state index contributed by atoms with van der Waals surface area (Å²) in [6.07, 6.45) is 5.85. The Balaban J connectivity index is 1.44. The average Bonchev–Trinajstić information content (AvgIpc) is 3.27. The minimum absolute atomic E-state index is 0.316. The van der Waals surface area contributed by atoms with Gasteiger partial charge in [0, 0.05) is 23.8 Å². The van der Waals surface area contributed by atoms with Crippen LogP contribution < -0.4 is 10.7 Å². The van der Waals surface area contributed by atoms with Gasteiger partial charge in [0.1, 0.15) is 5.76 Å². The zero-order chi connectivity index (χ0) is 17.5. The van der Waals surface area contributed by atoms with Crippen LogP contribution in [0.15, 0.2) is 52.2 Å². The third-order valence-electron chi connectivity index (χ3n) is 4.13. The largest absolute Gasteiger partial charge is 0.467 e. The monoisotopic (exact) mass is 376 g/mol. The summed E-state index contributed by atoms with van der Waals surface area (Å²) in [6, 6.07) is 12.1. The smallest absolute Gasteiger partial charge is 0.187 e. The Morgan fingerprint density at radius 1 is 1.36 bits per heavy atom. The van der Waals surface area contributed by atoms with Crippen LogP contribution in [0, 0.1) is 0 Å². The van der Waals surface area contributed by atoms with Crippen LogP contribution in [0.1, 0.15) is 24.2 Å². The first-order valence-corrected chi connectivity index (χ1v) is 9.07. The van der Waals surface area contributed by atoms with Crippen molar-refractivity contribution < 1.29 is 4.42 Å². The predicted octanol–water partition coefficient (Wildman–Crippen LogP) is 3.55. The van der Waals surface area contributed by atoms with Gasteiger partial charge in [0.2, 0.25) is 0 Å². The Labute approximate surface area is 158 Å². The van der Waals surface area contributed by atoms with Gasteiger partial charge in [0.25, 0.3) is 0 Å². The minimum atomic E-state index is 0.316. The van der Waals surface area contributed by atoms with Gasteiger partial charge in [-0.25, -0.2) is 0 Å². The lowest BCUT2D eigenvalue weighted by Gasteiger charge is -2.21. The molecule has 2 N–H and O–H groups in total. The number of hydrogen-bond donors (Lipinski definition) is 2. The fourth-order valence-corrected chi connectivity index (χ4v) is 3.09. The maximum Gasteiger partial charge on any atom is 0.187 e. The molecule has 1 aromatic heterocycles. The van der Waals surface area contributed by atoms with Crippen molar-refractivity contribution in [1.82, 2.24) is 15.6 Å². The second-order valence-corrected chi connectivity index (χ2v) is 6.80. The molecule has 25 heavy (non-hydrogen) atoms. The highest BCUT2D eigenvalue weighted by Gasteiger charge is 2.22. The number of furan rings is 1. The van der Waals surface area contributed by atoms with E-state index in [1.807, 2.05) is 30.5 Å². The second kappa shape index (κ2) is 8.99. The standard InChI is InChI=1S/C18H21ClN4OS/c19-15-7-5-14(6-8-15)13-23-9-1-3-16(23)11-21-22-18(25)20-12-17-4-2-10-24-17/h2,4-8,10-11,16H,1,3,9,12-13H2,(H2,20,22,25)/t16-/m0/s1. The molecule has 132 valence electrons. The molecule has 2 heterocycles. The first kappa shape index (κ1) is 17.9. The molecule has 1 fully saturated rings. The molecule has 1 atom stereocenters. The molecule has 0 saturated carbocycles. The van der Waals surface area contributed by atoms with Gasteiger partial charge in [-0.15, -0.1) is 0 Å². The van der Waals surface area contributed by atoms with E-state index in [1.54, 1.807) is 6.26 Å². The number of nitrogens with zero attached hydrogens (tertiary/aromatic N) is 2. The number of hydrazone groups is 1. The molecule has 0 spiro atoms. The zero-order valence-electron chi connectivity index (χ0n) is 13.8. The molecule has 3 rings (SSSR count).